The van der Waals surface area contributed by atoms with Crippen LogP contribution in [0.3, 0.4) is 0 Å². The van der Waals surface area contributed by atoms with Crippen LogP contribution in [-0.4, -0.2) is 11.0 Å². The van der Waals surface area contributed by atoms with Crippen LogP contribution >= 0.6 is 11.8 Å². The monoisotopic (exact) mass is 210 g/mol. The molecule has 4 unspecified atom stereocenters. The van der Waals surface area contributed by atoms with Crippen molar-refractivity contribution in [3.05, 3.63) is 0 Å². The summed E-state index contributed by atoms with van der Waals surface area (Å²) in [6.07, 6.45) is 6.03. The Balaban J connectivity index is 2.02. The third-order valence-electron chi connectivity index (χ3n) is 5.89. The Bertz CT molecular complexity index is 258. The normalized spacial score (nSPS) is 54.6. The number of thioether (sulfide) groups is 1. The molecule has 0 aromatic heterocycles. The zero-order valence-electron chi connectivity index (χ0n) is 9.68. The topological polar surface area (TPSA) is 0 Å². The van der Waals surface area contributed by atoms with Crippen LogP contribution in [-0.2, 0) is 0 Å². The van der Waals surface area contributed by atoms with Gasteiger partial charge in [0.15, 0.2) is 0 Å². The van der Waals surface area contributed by atoms with Crippen molar-refractivity contribution in [2.75, 3.05) is 5.75 Å². The van der Waals surface area contributed by atoms with Crippen LogP contribution in [0.1, 0.15) is 46.5 Å². The molecule has 1 heterocycles. The van der Waals surface area contributed by atoms with Crippen molar-refractivity contribution in [3.63, 3.8) is 0 Å². The van der Waals surface area contributed by atoms with E-state index in [1.807, 2.05) is 0 Å². The Morgan fingerprint density at radius 1 is 1.14 bits per heavy atom. The van der Waals surface area contributed by atoms with Crippen molar-refractivity contribution in [2.24, 2.45) is 22.7 Å². The third-order valence-corrected chi connectivity index (χ3v) is 7.64. The van der Waals surface area contributed by atoms with Crippen LogP contribution in [0.2, 0.25) is 0 Å². The van der Waals surface area contributed by atoms with Crippen LogP contribution in [0, 0.1) is 22.7 Å². The second kappa shape index (κ2) is 2.72. The Hall–Kier alpha value is 0.350. The van der Waals surface area contributed by atoms with E-state index >= 15 is 0 Å². The van der Waals surface area contributed by atoms with Crippen molar-refractivity contribution < 1.29 is 0 Å². The first kappa shape index (κ1) is 9.57. The molecule has 14 heavy (non-hydrogen) atoms. The van der Waals surface area contributed by atoms with E-state index in [0.717, 1.165) is 17.1 Å². The zero-order chi connectivity index (χ0) is 9.97. The molecule has 1 saturated heterocycles. The number of hydrogen-bond donors (Lipinski definition) is 0. The average molecular weight is 210 g/mol. The van der Waals surface area contributed by atoms with E-state index in [2.05, 4.69) is 32.5 Å². The van der Waals surface area contributed by atoms with E-state index in [1.54, 1.807) is 0 Å². The number of hydrogen-bond acceptors (Lipinski definition) is 1. The smallest absolute Gasteiger partial charge is 0.0137 e. The van der Waals surface area contributed by atoms with Gasteiger partial charge >= 0.3 is 0 Å². The van der Waals surface area contributed by atoms with Gasteiger partial charge in [-0.15, -0.1) is 0 Å². The lowest BCUT2D eigenvalue weighted by Gasteiger charge is -2.41. The van der Waals surface area contributed by atoms with Crippen molar-refractivity contribution in [1.82, 2.24) is 0 Å². The third kappa shape index (κ3) is 0.887. The molecule has 2 bridgehead atoms. The van der Waals surface area contributed by atoms with Crippen LogP contribution < -0.4 is 0 Å². The van der Waals surface area contributed by atoms with Crippen molar-refractivity contribution in [1.29, 1.82) is 0 Å². The van der Waals surface area contributed by atoms with Crippen molar-refractivity contribution in [3.8, 4) is 0 Å². The molecule has 0 aromatic rings. The molecule has 0 spiro atoms. The SMILES string of the molecule is CC1(C)C2CCC1(C)C1SCCCC21. The van der Waals surface area contributed by atoms with Gasteiger partial charge in [-0.2, -0.15) is 11.8 Å². The summed E-state index contributed by atoms with van der Waals surface area (Å²) in [5, 5.41) is 1.00. The highest BCUT2D eigenvalue weighted by atomic mass is 32.2. The van der Waals surface area contributed by atoms with Crippen molar-refractivity contribution in [2.45, 2.75) is 51.7 Å². The Kier molecular flexibility index (Phi) is 1.86. The van der Waals surface area contributed by atoms with Gasteiger partial charge in [0, 0.05) is 5.25 Å². The van der Waals surface area contributed by atoms with E-state index in [-0.39, 0.29) is 0 Å². The van der Waals surface area contributed by atoms with Gasteiger partial charge in [0.25, 0.3) is 0 Å². The average Bonchev–Trinajstić information content (AvgIpc) is 2.49. The van der Waals surface area contributed by atoms with Gasteiger partial charge in [-0.1, -0.05) is 20.8 Å². The summed E-state index contributed by atoms with van der Waals surface area (Å²) in [6, 6.07) is 0. The fraction of sp³-hybridized carbons (Fsp3) is 1.00. The van der Waals surface area contributed by atoms with Gasteiger partial charge in [-0.25, -0.2) is 0 Å². The highest BCUT2D eigenvalue weighted by Crippen LogP contribution is 2.72. The first-order chi connectivity index (χ1) is 6.57. The largest absolute Gasteiger partial charge is 0.158 e. The molecule has 0 aromatic carbocycles. The molecular weight excluding hydrogens is 188 g/mol. The molecule has 80 valence electrons. The van der Waals surface area contributed by atoms with Gasteiger partial charge in [-0.05, 0) is 54.1 Å². The first-order valence-electron chi connectivity index (χ1n) is 6.19. The molecule has 3 rings (SSSR count). The number of fused-ring (bicyclic) bond motifs is 5. The summed E-state index contributed by atoms with van der Waals surface area (Å²) in [5.74, 6) is 3.55. The molecular formula is C13H22S. The standard InChI is InChI=1S/C13H22S/c1-12(2)10-6-7-13(12,3)11-9(10)5-4-8-14-11/h9-11H,4-8H2,1-3H3. The molecule has 0 N–H and O–H groups in total. The highest BCUT2D eigenvalue weighted by Gasteiger charge is 2.65. The first-order valence-corrected chi connectivity index (χ1v) is 7.24. The van der Waals surface area contributed by atoms with E-state index in [9.17, 15) is 0 Å². The lowest BCUT2D eigenvalue weighted by Crippen LogP contribution is -2.37. The summed E-state index contributed by atoms with van der Waals surface area (Å²) in [4.78, 5) is 0. The lowest BCUT2D eigenvalue weighted by molar-refractivity contribution is 0.156. The van der Waals surface area contributed by atoms with Crippen LogP contribution in [0.25, 0.3) is 0 Å². The van der Waals surface area contributed by atoms with E-state index < -0.39 is 0 Å². The summed E-state index contributed by atoms with van der Waals surface area (Å²) in [6.45, 7) is 7.67. The molecule has 3 aliphatic rings. The van der Waals surface area contributed by atoms with E-state index in [1.165, 1.54) is 31.4 Å². The van der Waals surface area contributed by atoms with E-state index in [0.29, 0.717) is 10.8 Å². The highest BCUT2D eigenvalue weighted by molar-refractivity contribution is 8.00. The fourth-order valence-electron chi connectivity index (χ4n) is 4.69. The second-order valence-electron chi connectivity index (χ2n) is 6.38. The maximum atomic E-state index is 2.58. The number of rotatable bonds is 0. The molecule has 0 radical (unpaired) electrons. The lowest BCUT2D eigenvalue weighted by atomic mass is 9.71. The fourth-order valence-corrected chi connectivity index (χ4v) is 6.64. The Morgan fingerprint density at radius 3 is 2.64 bits per heavy atom. The molecule has 2 saturated carbocycles. The van der Waals surface area contributed by atoms with Crippen molar-refractivity contribution >= 4 is 11.8 Å². The Labute approximate surface area is 92.2 Å². The van der Waals surface area contributed by atoms with Crippen LogP contribution in [0.15, 0.2) is 0 Å². The predicted octanol–water partition coefficient (Wildman–Crippen LogP) is 3.95. The van der Waals surface area contributed by atoms with Gasteiger partial charge in [-0.3, -0.25) is 0 Å². The molecule has 4 atom stereocenters. The van der Waals surface area contributed by atoms with E-state index in [4.69, 9.17) is 0 Å². The Morgan fingerprint density at radius 2 is 1.93 bits per heavy atom. The molecule has 1 aliphatic heterocycles. The van der Waals surface area contributed by atoms with Gasteiger partial charge < -0.3 is 0 Å². The maximum Gasteiger partial charge on any atom is 0.0137 e. The van der Waals surface area contributed by atoms with Gasteiger partial charge in [0.05, 0.1) is 0 Å². The van der Waals surface area contributed by atoms with Gasteiger partial charge in [0.2, 0.25) is 0 Å². The molecule has 3 fully saturated rings. The predicted molar refractivity (Wildman–Crippen MR) is 63.6 cm³/mol. The molecule has 0 amide bonds. The summed E-state index contributed by atoms with van der Waals surface area (Å²) in [7, 11) is 0. The zero-order valence-corrected chi connectivity index (χ0v) is 10.5. The minimum absolute atomic E-state index is 0.625. The minimum atomic E-state index is 0.625. The summed E-state index contributed by atoms with van der Waals surface area (Å²) < 4.78 is 0. The quantitative estimate of drug-likeness (QED) is 0.583. The summed E-state index contributed by atoms with van der Waals surface area (Å²) >= 11 is 2.30. The summed E-state index contributed by atoms with van der Waals surface area (Å²) in [5.41, 5.74) is 1.28. The molecule has 2 aliphatic carbocycles. The van der Waals surface area contributed by atoms with Crippen LogP contribution in [0.4, 0.5) is 0 Å². The molecule has 1 heteroatoms. The second-order valence-corrected chi connectivity index (χ2v) is 7.63. The maximum absolute atomic E-state index is 2.58. The minimum Gasteiger partial charge on any atom is -0.158 e. The molecule has 0 nitrogen and oxygen atoms in total. The van der Waals surface area contributed by atoms with Gasteiger partial charge in [0.1, 0.15) is 0 Å². The van der Waals surface area contributed by atoms with Crippen LogP contribution in [0.5, 0.6) is 0 Å².